The Morgan fingerprint density at radius 2 is 2.06 bits per heavy atom. The number of hydrazine groups is 1. The standard InChI is InChI=1S/C12H19N3O/c1-3-10-4-6-11(7-5-10)12(15-13)14-8-9-16-2/h4-7H,3,8-9,13H2,1-2H3,(H,14,15). The van der Waals surface area contributed by atoms with E-state index in [1.165, 1.54) is 5.56 Å². The molecule has 0 fully saturated rings. The first-order valence-corrected chi connectivity index (χ1v) is 5.41. The van der Waals surface area contributed by atoms with Gasteiger partial charge in [0.1, 0.15) is 5.84 Å². The van der Waals surface area contributed by atoms with E-state index in [-0.39, 0.29) is 0 Å². The highest BCUT2D eigenvalue weighted by atomic mass is 16.5. The Morgan fingerprint density at radius 1 is 1.38 bits per heavy atom. The minimum atomic E-state index is 0.595. The number of hydrogen-bond acceptors (Lipinski definition) is 3. The molecule has 0 bridgehead atoms. The van der Waals surface area contributed by atoms with Crippen molar-refractivity contribution < 1.29 is 4.74 Å². The first-order chi connectivity index (χ1) is 7.81. The molecule has 4 heteroatoms. The fraction of sp³-hybridized carbons (Fsp3) is 0.417. The van der Waals surface area contributed by atoms with Crippen LogP contribution in [0.25, 0.3) is 0 Å². The lowest BCUT2D eigenvalue weighted by Crippen LogP contribution is -2.31. The van der Waals surface area contributed by atoms with Gasteiger partial charge in [-0.2, -0.15) is 0 Å². The molecule has 1 aromatic carbocycles. The zero-order chi connectivity index (χ0) is 11.8. The van der Waals surface area contributed by atoms with E-state index in [9.17, 15) is 0 Å². The van der Waals surface area contributed by atoms with Crippen LogP contribution in [0, 0.1) is 0 Å². The second-order valence-electron chi connectivity index (χ2n) is 3.42. The molecule has 0 aromatic heterocycles. The van der Waals surface area contributed by atoms with Gasteiger partial charge in [0.2, 0.25) is 0 Å². The molecular formula is C12H19N3O. The highest BCUT2D eigenvalue weighted by molar-refractivity contribution is 5.98. The molecule has 0 spiro atoms. The number of nitrogens with two attached hydrogens (primary N) is 1. The molecule has 0 atom stereocenters. The predicted octanol–water partition coefficient (Wildman–Crippen LogP) is 1.11. The Bertz CT molecular complexity index is 333. The van der Waals surface area contributed by atoms with Gasteiger partial charge in [0.25, 0.3) is 0 Å². The molecule has 0 saturated carbocycles. The molecule has 16 heavy (non-hydrogen) atoms. The van der Waals surface area contributed by atoms with Crippen LogP contribution in [0.15, 0.2) is 29.3 Å². The summed E-state index contributed by atoms with van der Waals surface area (Å²) in [4.78, 5) is 4.31. The minimum absolute atomic E-state index is 0.595. The summed E-state index contributed by atoms with van der Waals surface area (Å²) in [6, 6.07) is 8.20. The maximum Gasteiger partial charge on any atom is 0.142 e. The van der Waals surface area contributed by atoms with Gasteiger partial charge in [0, 0.05) is 12.7 Å². The number of ether oxygens (including phenoxy) is 1. The van der Waals surface area contributed by atoms with E-state index in [1.807, 2.05) is 12.1 Å². The normalized spacial score (nSPS) is 11.6. The average Bonchev–Trinajstić information content (AvgIpc) is 2.35. The lowest BCUT2D eigenvalue weighted by Gasteiger charge is -2.06. The number of hydrogen-bond donors (Lipinski definition) is 2. The third-order valence-electron chi connectivity index (χ3n) is 2.34. The molecule has 0 radical (unpaired) electrons. The molecule has 3 N–H and O–H groups in total. The van der Waals surface area contributed by atoms with Crippen molar-refractivity contribution in [3.8, 4) is 0 Å². The summed E-state index contributed by atoms with van der Waals surface area (Å²) in [5.74, 6) is 6.13. The second kappa shape index (κ2) is 6.98. The molecule has 0 aliphatic heterocycles. The Kier molecular flexibility index (Phi) is 5.53. The molecule has 0 unspecified atom stereocenters. The van der Waals surface area contributed by atoms with Gasteiger partial charge in [-0.15, -0.1) is 0 Å². The summed E-state index contributed by atoms with van der Waals surface area (Å²) in [6.45, 7) is 3.33. The highest BCUT2D eigenvalue weighted by Crippen LogP contribution is 2.05. The number of aliphatic imine (C=N–C) groups is 1. The summed E-state index contributed by atoms with van der Waals surface area (Å²) < 4.78 is 4.93. The van der Waals surface area contributed by atoms with Crippen molar-refractivity contribution in [1.82, 2.24) is 5.43 Å². The van der Waals surface area contributed by atoms with E-state index in [1.54, 1.807) is 7.11 Å². The van der Waals surface area contributed by atoms with Crippen molar-refractivity contribution in [2.75, 3.05) is 20.3 Å². The number of benzene rings is 1. The minimum Gasteiger partial charge on any atom is -0.383 e. The highest BCUT2D eigenvalue weighted by Gasteiger charge is 2.00. The second-order valence-corrected chi connectivity index (χ2v) is 3.42. The van der Waals surface area contributed by atoms with Crippen molar-refractivity contribution in [3.63, 3.8) is 0 Å². The SMILES string of the molecule is CCc1ccc(C(=NCCOC)NN)cc1. The Labute approximate surface area is 96.5 Å². The van der Waals surface area contributed by atoms with Crippen LogP contribution in [0.1, 0.15) is 18.1 Å². The Balaban J connectivity index is 2.74. The third kappa shape index (κ3) is 3.64. The van der Waals surface area contributed by atoms with Crippen LogP contribution in [0.4, 0.5) is 0 Å². The predicted molar refractivity (Wildman–Crippen MR) is 66.4 cm³/mol. The average molecular weight is 221 g/mol. The van der Waals surface area contributed by atoms with Crippen LogP contribution in [0.2, 0.25) is 0 Å². The first kappa shape index (κ1) is 12.7. The van der Waals surface area contributed by atoms with Gasteiger partial charge in [-0.1, -0.05) is 31.2 Å². The number of nitrogens with one attached hydrogen (secondary N) is 1. The molecule has 0 heterocycles. The Hall–Kier alpha value is -1.39. The molecule has 0 saturated heterocycles. The molecule has 0 amide bonds. The monoisotopic (exact) mass is 221 g/mol. The van der Waals surface area contributed by atoms with Crippen LogP contribution in [-0.4, -0.2) is 26.1 Å². The molecule has 0 aliphatic carbocycles. The maximum absolute atomic E-state index is 5.44. The fourth-order valence-corrected chi connectivity index (χ4v) is 1.37. The van der Waals surface area contributed by atoms with E-state index < -0.39 is 0 Å². The summed E-state index contributed by atoms with van der Waals surface area (Å²) in [6.07, 6.45) is 1.03. The molecule has 4 nitrogen and oxygen atoms in total. The van der Waals surface area contributed by atoms with Gasteiger partial charge in [-0.25, -0.2) is 5.84 Å². The topological polar surface area (TPSA) is 59.6 Å². The summed E-state index contributed by atoms with van der Waals surface area (Å²) in [7, 11) is 1.65. The van der Waals surface area contributed by atoms with Crippen molar-refractivity contribution in [3.05, 3.63) is 35.4 Å². The van der Waals surface area contributed by atoms with Crippen molar-refractivity contribution in [2.24, 2.45) is 10.8 Å². The summed E-state index contributed by atoms with van der Waals surface area (Å²) in [5, 5.41) is 0. The van der Waals surface area contributed by atoms with Crippen LogP contribution >= 0.6 is 0 Å². The number of methoxy groups -OCH3 is 1. The largest absolute Gasteiger partial charge is 0.383 e. The van der Waals surface area contributed by atoms with E-state index in [2.05, 4.69) is 29.5 Å². The lowest BCUT2D eigenvalue weighted by molar-refractivity contribution is 0.208. The van der Waals surface area contributed by atoms with E-state index in [4.69, 9.17) is 10.6 Å². The molecular weight excluding hydrogens is 202 g/mol. The molecule has 1 aromatic rings. The Morgan fingerprint density at radius 3 is 2.56 bits per heavy atom. The van der Waals surface area contributed by atoms with E-state index in [0.717, 1.165) is 12.0 Å². The lowest BCUT2D eigenvalue weighted by atomic mass is 10.1. The number of nitrogens with zero attached hydrogens (tertiary/aromatic N) is 1. The van der Waals surface area contributed by atoms with Gasteiger partial charge in [0.05, 0.1) is 13.2 Å². The summed E-state index contributed by atoms with van der Waals surface area (Å²) in [5.41, 5.74) is 4.91. The summed E-state index contributed by atoms with van der Waals surface area (Å²) >= 11 is 0. The van der Waals surface area contributed by atoms with Gasteiger partial charge in [-0.05, 0) is 12.0 Å². The maximum atomic E-state index is 5.44. The van der Waals surface area contributed by atoms with E-state index in [0.29, 0.717) is 19.0 Å². The number of amidine groups is 1. The van der Waals surface area contributed by atoms with Gasteiger partial charge < -0.3 is 10.2 Å². The van der Waals surface area contributed by atoms with Gasteiger partial charge >= 0.3 is 0 Å². The van der Waals surface area contributed by atoms with Crippen molar-refractivity contribution in [1.29, 1.82) is 0 Å². The number of aryl methyl sites for hydroxylation is 1. The first-order valence-electron chi connectivity index (χ1n) is 5.41. The van der Waals surface area contributed by atoms with Crippen LogP contribution in [-0.2, 0) is 11.2 Å². The smallest absolute Gasteiger partial charge is 0.142 e. The van der Waals surface area contributed by atoms with Crippen molar-refractivity contribution >= 4 is 5.84 Å². The zero-order valence-electron chi connectivity index (χ0n) is 9.86. The molecule has 0 aliphatic rings. The number of rotatable bonds is 5. The van der Waals surface area contributed by atoms with Crippen LogP contribution in [0.5, 0.6) is 0 Å². The van der Waals surface area contributed by atoms with Crippen LogP contribution in [0.3, 0.4) is 0 Å². The van der Waals surface area contributed by atoms with Crippen LogP contribution < -0.4 is 11.3 Å². The quantitative estimate of drug-likeness (QED) is 0.257. The van der Waals surface area contributed by atoms with Gasteiger partial charge in [-0.3, -0.25) is 4.99 Å². The van der Waals surface area contributed by atoms with E-state index >= 15 is 0 Å². The van der Waals surface area contributed by atoms with Gasteiger partial charge in [0.15, 0.2) is 0 Å². The zero-order valence-corrected chi connectivity index (χ0v) is 9.86. The van der Waals surface area contributed by atoms with Crippen molar-refractivity contribution in [2.45, 2.75) is 13.3 Å². The fourth-order valence-electron chi connectivity index (χ4n) is 1.37. The molecule has 1 rings (SSSR count). The third-order valence-corrected chi connectivity index (χ3v) is 2.34. The molecule has 88 valence electrons.